The molecule has 2 heterocycles. The molecule has 0 bridgehead atoms. The molecule has 1 aromatic carbocycles. The highest BCUT2D eigenvalue weighted by molar-refractivity contribution is 7.13. The Hall–Kier alpha value is -2.47. The van der Waals surface area contributed by atoms with Crippen LogP contribution in [0.15, 0.2) is 41.8 Å². The van der Waals surface area contributed by atoms with E-state index < -0.39 is 0 Å². The third-order valence-electron chi connectivity index (χ3n) is 3.69. The molecule has 1 aromatic heterocycles. The van der Waals surface area contributed by atoms with Gasteiger partial charge >= 0.3 is 0 Å². The van der Waals surface area contributed by atoms with Crippen LogP contribution < -0.4 is 5.32 Å². The fourth-order valence-electron chi connectivity index (χ4n) is 2.47. The van der Waals surface area contributed by atoms with Crippen LogP contribution in [0.1, 0.15) is 19.3 Å². The van der Waals surface area contributed by atoms with E-state index >= 15 is 0 Å². The lowest BCUT2D eigenvalue weighted by Crippen LogP contribution is -2.32. The Bertz CT molecular complexity index is 707. The molecular formula is C17H16N2O3S. The first-order valence-corrected chi connectivity index (χ1v) is 8.28. The van der Waals surface area contributed by atoms with E-state index in [1.54, 1.807) is 11.3 Å². The number of likely N-dealkylation sites (tertiary alicyclic amines) is 1. The third kappa shape index (κ3) is 3.65. The molecule has 1 saturated heterocycles. The molecule has 0 atom stereocenters. The Morgan fingerprint density at radius 2 is 1.78 bits per heavy atom. The first-order chi connectivity index (χ1) is 11.1. The number of carbonyl (C=O) groups excluding carboxylic acids is 3. The number of nitrogens with zero attached hydrogens (tertiary/aromatic N) is 1. The van der Waals surface area contributed by atoms with Crippen LogP contribution in [0.5, 0.6) is 0 Å². The second-order valence-electron chi connectivity index (χ2n) is 5.29. The van der Waals surface area contributed by atoms with E-state index in [1.165, 1.54) is 9.78 Å². The van der Waals surface area contributed by atoms with Gasteiger partial charge in [0.1, 0.15) is 0 Å². The van der Waals surface area contributed by atoms with Crippen molar-refractivity contribution in [2.75, 3.05) is 11.9 Å². The summed E-state index contributed by atoms with van der Waals surface area (Å²) < 4.78 is 0. The van der Waals surface area contributed by atoms with Crippen LogP contribution in [0, 0.1) is 0 Å². The van der Waals surface area contributed by atoms with Gasteiger partial charge in [-0.3, -0.25) is 19.3 Å². The Balaban J connectivity index is 1.54. The number of hydrogen-bond acceptors (Lipinski definition) is 4. The maximum atomic E-state index is 11.9. The molecule has 0 radical (unpaired) electrons. The predicted molar refractivity (Wildman–Crippen MR) is 89.0 cm³/mol. The van der Waals surface area contributed by atoms with Gasteiger partial charge in [-0.2, -0.15) is 0 Å². The molecule has 0 saturated carbocycles. The number of nitrogens with one attached hydrogen (secondary N) is 1. The van der Waals surface area contributed by atoms with Gasteiger partial charge in [-0.05, 0) is 29.1 Å². The standard InChI is InChI=1S/C17H16N2O3S/c20-15(9-10-19-16(21)7-8-17(19)22)18-13-5-3-12(4-6-13)14-2-1-11-23-14/h1-6,11H,7-10H2,(H,18,20). The summed E-state index contributed by atoms with van der Waals surface area (Å²) >= 11 is 1.66. The molecule has 0 unspecified atom stereocenters. The molecule has 23 heavy (non-hydrogen) atoms. The zero-order valence-corrected chi connectivity index (χ0v) is 13.3. The molecule has 6 heteroatoms. The summed E-state index contributed by atoms with van der Waals surface area (Å²) in [5.74, 6) is -0.590. The largest absolute Gasteiger partial charge is 0.326 e. The highest BCUT2D eigenvalue weighted by atomic mass is 32.1. The van der Waals surface area contributed by atoms with Crippen LogP contribution in [-0.4, -0.2) is 29.2 Å². The fraction of sp³-hybridized carbons (Fsp3) is 0.235. The van der Waals surface area contributed by atoms with Crippen molar-refractivity contribution in [2.24, 2.45) is 0 Å². The van der Waals surface area contributed by atoms with Gasteiger partial charge in [0.15, 0.2) is 0 Å². The van der Waals surface area contributed by atoms with Gasteiger partial charge in [0.2, 0.25) is 17.7 Å². The Labute approximate surface area is 137 Å². The van der Waals surface area contributed by atoms with Crippen LogP contribution in [0.25, 0.3) is 10.4 Å². The van der Waals surface area contributed by atoms with Crippen molar-refractivity contribution >= 4 is 34.7 Å². The van der Waals surface area contributed by atoms with Crippen molar-refractivity contribution < 1.29 is 14.4 Å². The second kappa shape index (κ2) is 6.75. The van der Waals surface area contributed by atoms with Gasteiger partial charge < -0.3 is 5.32 Å². The van der Waals surface area contributed by atoms with Crippen molar-refractivity contribution in [2.45, 2.75) is 19.3 Å². The molecule has 118 valence electrons. The molecule has 1 fully saturated rings. The lowest BCUT2D eigenvalue weighted by Gasteiger charge is -2.13. The monoisotopic (exact) mass is 328 g/mol. The van der Waals surface area contributed by atoms with Gasteiger partial charge in [0.25, 0.3) is 0 Å². The minimum Gasteiger partial charge on any atom is -0.326 e. The summed E-state index contributed by atoms with van der Waals surface area (Å²) in [6.45, 7) is 0.150. The first-order valence-electron chi connectivity index (χ1n) is 7.40. The van der Waals surface area contributed by atoms with E-state index in [-0.39, 0.29) is 43.5 Å². The van der Waals surface area contributed by atoms with E-state index in [0.717, 1.165) is 5.56 Å². The summed E-state index contributed by atoms with van der Waals surface area (Å²) in [5, 5.41) is 4.80. The van der Waals surface area contributed by atoms with Crippen LogP contribution in [0.2, 0.25) is 0 Å². The summed E-state index contributed by atoms with van der Waals surface area (Å²) in [4.78, 5) is 37.2. The minimum absolute atomic E-state index is 0.115. The molecule has 3 rings (SSSR count). The number of anilines is 1. The SMILES string of the molecule is O=C(CCN1C(=O)CCC1=O)Nc1ccc(-c2cccs2)cc1. The number of amides is 3. The topological polar surface area (TPSA) is 66.5 Å². The zero-order chi connectivity index (χ0) is 16.2. The summed E-state index contributed by atoms with van der Waals surface area (Å²) in [6, 6.07) is 11.6. The average Bonchev–Trinajstić information content (AvgIpc) is 3.17. The van der Waals surface area contributed by atoms with Crippen LogP contribution in [-0.2, 0) is 14.4 Å². The van der Waals surface area contributed by atoms with Crippen LogP contribution >= 0.6 is 11.3 Å². The fourth-order valence-corrected chi connectivity index (χ4v) is 3.20. The maximum Gasteiger partial charge on any atom is 0.229 e. The molecule has 1 aliphatic heterocycles. The Kier molecular flexibility index (Phi) is 4.52. The molecule has 0 aliphatic carbocycles. The maximum absolute atomic E-state index is 11.9. The average molecular weight is 328 g/mol. The molecule has 0 spiro atoms. The molecular weight excluding hydrogens is 312 g/mol. The highest BCUT2D eigenvalue weighted by Gasteiger charge is 2.28. The van der Waals surface area contributed by atoms with Gasteiger partial charge in [0, 0.05) is 36.4 Å². The summed E-state index contributed by atoms with van der Waals surface area (Å²) in [5.41, 5.74) is 1.81. The molecule has 5 nitrogen and oxygen atoms in total. The lowest BCUT2D eigenvalue weighted by atomic mass is 10.2. The van der Waals surface area contributed by atoms with Crippen molar-refractivity contribution in [3.8, 4) is 10.4 Å². The van der Waals surface area contributed by atoms with Gasteiger partial charge in [-0.1, -0.05) is 18.2 Å². The minimum atomic E-state index is -0.207. The van der Waals surface area contributed by atoms with Gasteiger partial charge in [-0.25, -0.2) is 0 Å². The van der Waals surface area contributed by atoms with Crippen LogP contribution in [0.3, 0.4) is 0 Å². The van der Waals surface area contributed by atoms with Gasteiger partial charge in [0.05, 0.1) is 0 Å². The number of hydrogen-bond donors (Lipinski definition) is 1. The highest BCUT2D eigenvalue weighted by Crippen LogP contribution is 2.25. The van der Waals surface area contributed by atoms with Crippen molar-refractivity contribution in [3.05, 3.63) is 41.8 Å². The smallest absolute Gasteiger partial charge is 0.229 e. The second-order valence-corrected chi connectivity index (χ2v) is 6.24. The number of benzene rings is 1. The van der Waals surface area contributed by atoms with E-state index in [4.69, 9.17) is 0 Å². The summed E-state index contributed by atoms with van der Waals surface area (Å²) in [6.07, 6.45) is 0.624. The zero-order valence-electron chi connectivity index (χ0n) is 12.5. The molecule has 3 amide bonds. The third-order valence-corrected chi connectivity index (χ3v) is 4.61. The normalized spacial score (nSPS) is 14.3. The van der Waals surface area contributed by atoms with Crippen molar-refractivity contribution in [1.82, 2.24) is 4.90 Å². The number of thiophene rings is 1. The quantitative estimate of drug-likeness (QED) is 0.858. The van der Waals surface area contributed by atoms with E-state index in [2.05, 4.69) is 5.32 Å². The summed E-state index contributed by atoms with van der Waals surface area (Å²) in [7, 11) is 0. The van der Waals surface area contributed by atoms with Crippen molar-refractivity contribution in [1.29, 1.82) is 0 Å². The van der Waals surface area contributed by atoms with E-state index in [9.17, 15) is 14.4 Å². The van der Waals surface area contributed by atoms with Gasteiger partial charge in [-0.15, -0.1) is 11.3 Å². The molecule has 2 aromatic rings. The van der Waals surface area contributed by atoms with E-state index in [1.807, 2.05) is 41.8 Å². The van der Waals surface area contributed by atoms with Crippen molar-refractivity contribution in [3.63, 3.8) is 0 Å². The first kappa shape index (κ1) is 15.4. The Morgan fingerprint density at radius 1 is 1.09 bits per heavy atom. The number of carbonyl (C=O) groups is 3. The number of imide groups is 1. The predicted octanol–water partition coefficient (Wildman–Crippen LogP) is 2.89. The van der Waals surface area contributed by atoms with Crippen LogP contribution in [0.4, 0.5) is 5.69 Å². The lowest BCUT2D eigenvalue weighted by molar-refractivity contribution is -0.138. The molecule has 1 aliphatic rings. The molecule has 1 N–H and O–H groups in total. The Morgan fingerprint density at radius 3 is 2.39 bits per heavy atom. The number of rotatable bonds is 5. The van der Waals surface area contributed by atoms with E-state index in [0.29, 0.717) is 5.69 Å².